The van der Waals surface area contributed by atoms with E-state index in [4.69, 9.17) is 4.74 Å². The van der Waals surface area contributed by atoms with E-state index in [0.29, 0.717) is 24.4 Å². The van der Waals surface area contributed by atoms with Gasteiger partial charge < -0.3 is 14.7 Å². The van der Waals surface area contributed by atoms with Crippen molar-refractivity contribution in [1.29, 1.82) is 0 Å². The fraction of sp³-hybridized carbons (Fsp3) is 0.462. The van der Waals surface area contributed by atoms with Gasteiger partial charge in [0.15, 0.2) is 11.5 Å². The molecule has 17 heavy (non-hydrogen) atoms. The molecule has 1 N–H and O–H groups in total. The van der Waals surface area contributed by atoms with Crippen molar-refractivity contribution < 1.29 is 14.6 Å². The van der Waals surface area contributed by atoms with Crippen LogP contribution < -0.4 is 4.74 Å². The van der Waals surface area contributed by atoms with Gasteiger partial charge in [-0.3, -0.25) is 4.79 Å². The van der Waals surface area contributed by atoms with Crippen molar-refractivity contribution in [3.8, 4) is 11.5 Å². The van der Waals surface area contributed by atoms with Crippen molar-refractivity contribution in [3.63, 3.8) is 0 Å². The first-order valence-electron chi connectivity index (χ1n) is 5.80. The van der Waals surface area contributed by atoms with E-state index in [9.17, 15) is 9.90 Å². The lowest BCUT2D eigenvalue weighted by Gasteiger charge is -2.20. The first kappa shape index (κ1) is 13.4. The van der Waals surface area contributed by atoms with E-state index in [1.165, 1.54) is 7.11 Å². The fourth-order valence-corrected chi connectivity index (χ4v) is 1.70. The summed E-state index contributed by atoms with van der Waals surface area (Å²) in [4.78, 5) is 13.9. The van der Waals surface area contributed by atoms with Crippen molar-refractivity contribution in [2.75, 3.05) is 20.2 Å². The van der Waals surface area contributed by atoms with Crippen LogP contribution in [-0.4, -0.2) is 36.1 Å². The quantitative estimate of drug-likeness (QED) is 0.854. The van der Waals surface area contributed by atoms with Crippen molar-refractivity contribution in [2.45, 2.75) is 20.3 Å². The van der Waals surface area contributed by atoms with Gasteiger partial charge >= 0.3 is 0 Å². The van der Waals surface area contributed by atoms with Gasteiger partial charge in [-0.15, -0.1) is 0 Å². The van der Waals surface area contributed by atoms with Gasteiger partial charge in [-0.05, 0) is 25.5 Å². The Labute approximate surface area is 102 Å². The summed E-state index contributed by atoms with van der Waals surface area (Å²) in [6.07, 6.45) is 0.893. The fourth-order valence-electron chi connectivity index (χ4n) is 1.70. The highest BCUT2D eigenvalue weighted by atomic mass is 16.5. The number of carbonyl (C=O) groups excluding carboxylic acids is 1. The SMILES string of the molecule is CCCN(CC)C(=O)c1cccc(OC)c1O. The van der Waals surface area contributed by atoms with Crippen LogP contribution in [0.4, 0.5) is 0 Å². The second kappa shape index (κ2) is 6.13. The highest BCUT2D eigenvalue weighted by Crippen LogP contribution is 2.30. The third-order valence-corrected chi connectivity index (χ3v) is 2.61. The zero-order valence-corrected chi connectivity index (χ0v) is 10.6. The molecule has 1 aromatic carbocycles. The first-order valence-corrected chi connectivity index (χ1v) is 5.80. The molecule has 0 saturated heterocycles. The standard InChI is InChI=1S/C13H19NO3/c1-4-9-14(5-2)13(16)10-7-6-8-11(17-3)12(10)15/h6-8,15H,4-5,9H2,1-3H3. The Kier molecular flexibility index (Phi) is 4.82. The molecular formula is C13H19NO3. The van der Waals surface area contributed by atoms with E-state index in [2.05, 4.69) is 0 Å². The summed E-state index contributed by atoms with van der Waals surface area (Å²) in [5.74, 6) is 0.0729. The highest BCUT2D eigenvalue weighted by Gasteiger charge is 2.19. The molecule has 0 unspecified atom stereocenters. The van der Waals surface area contributed by atoms with Crippen molar-refractivity contribution in [2.24, 2.45) is 0 Å². The van der Waals surface area contributed by atoms with Gasteiger partial charge in [-0.1, -0.05) is 13.0 Å². The van der Waals surface area contributed by atoms with Crippen LogP contribution in [0, 0.1) is 0 Å². The molecule has 0 spiro atoms. The lowest BCUT2D eigenvalue weighted by atomic mass is 10.1. The maximum absolute atomic E-state index is 12.2. The number of nitrogens with zero attached hydrogens (tertiary/aromatic N) is 1. The molecule has 1 amide bonds. The minimum absolute atomic E-state index is 0.0884. The van der Waals surface area contributed by atoms with Crippen molar-refractivity contribution in [3.05, 3.63) is 23.8 Å². The minimum Gasteiger partial charge on any atom is -0.504 e. The molecule has 0 bridgehead atoms. The molecule has 0 aliphatic carbocycles. The van der Waals surface area contributed by atoms with Crippen molar-refractivity contribution in [1.82, 2.24) is 4.90 Å². The van der Waals surface area contributed by atoms with Crippen LogP contribution in [0.3, 0.4) is 0 Å². The number of hydrogen-bond acceptors (Lipinski definition) is 3. The molecule has 0 aliphatic heterocycles. The number of rotatable bonds is 5. The minimum atomic E-state index is -0.161. The number of methoxy groups -OCH3 is 1. The molecule has 0 radical (unpaired) electrons. The number of aromatic hydroxyl groups is 1. The number of amides is 1. The van der Waals surface area contributed by atoms with Gasteiger partial charge in [-0.25, -0.2) is 0 Å². The Balaban J connectivity index is 3.02. The molecule has 0 fully saturated rings. The van der Waals surface area contributed by atoms with Gasteiger partial charge in [-0.2, -0.15) is 0 Å². The number of hydrogen-bond donors (Lipinski definition) is 1. The lowest BCUT2D eigenvalue weighted by Crippen LogP contribution is -2.31. The number of ether oxygens (including phenoxy) is 1. The van der Waals surface area contributed by atoms with Crippen molar-refractivity contribution >= 4 is 5.91 Å². The van der Waals surface area contributed by atoms with Crippen LogP contribution >= 0.6 is 0 Å². The van der Waals surface area contributed by atoms with Crippen LogP contribution in [0.5, 0.6) is 11.5 Å². The lowest BCUT2D eigenvalue weighted by molar-refractivity contribution is 0.0761. The van der Waals surface area contributed by atoms with Gasteiger partial charge in [0.25, 0.3) is 5.91 Å². The van der Waals surface area contributed by atoms with Crippen LogP contribution in [0.25, 0.3) is 0 Å². The van der Waals surface area contributed by atoms with Crippen LogP contribution in [0.2, 0.25) is 0 Å². The molecule has 0 aliphatic rings. The van der Waals surface area contributed by atoms with Gasteiger partial charge in [0.05, 0.1) is 12.7 Å². The molecule has 0 saturated carbocycles. The summed E-state index contributed by atoms with van der Waals surface area (Å²) in [5.41, 5.74) is 0.291. The maximum atomic E-state index is 12.2. The number of benzene rings is 1. The van der Waals surface area contributed by atoms with Gasteiger partial charge in [0.1, 0.15) is 0 Å². The highest BCUT2D eigenvalue weighted by molar-refractivity contribution is 5.97. The van der Waals surface area contributed by atoms with E-state index in [1.807, 2.05) is 13.8 Å². The third-order valence-electron chi connectivity index (χ3n) is 2.61. The molecule has 1 rings (SSSR count). The first-order chi connectivity index (χ1) is 8.15. The average molecular weight is 237 g/mol. The number of carbonyl (C=O) groups is 1. The summed E-state index contributed by atoms with van der Waals surface area (Å²) in [5, 5.41) is 9.90. The Hall–Kier alpha value is -1.71. The number of para-hydroxylation sites is 1. The molecule has 0 atom stereocenters. The Morgan fingerprint density at radius 3 is 2.65 bits per heavy atom. The van der Waals surface area contributed by atoms with E-state index >= 15 is 0 Å². The van der Waals surface area contributed by atoms with E-state index in [1.54, 1.807) is 23.1 Å². The van der Waals surface area contributed by atoms with Gasteiger partial charge in [0.2, 0.25) is 0 Å². The molecule has 4 heteroatoms. The Morgan fingerprint density at radius 1 is 1.41 bits per heavy atom. The van der Waals surface area contributed by atoms with Crippen LogP contribution in [-0.2, 0) is 0 Å². The molecular weight excluding hydrogens is 218 g/mol. The summed E-state index contributed by atoms with van der Waals surface area (Å²) in [7, 11) is 1.47. The largest absolute Gasteiger partial charge is 0.504 e. The summed E-state index contributed by atoms with van der Waals surface area (Å²) >= 11 is 0. The molecule has 0 heterocycles. The maximum Gasteiger partial charge on any atom is 0.257 e. The third kappa shape index (κ3) is 2.90. The monoisotopic (exact) mass is 237 g/mol. The topological polar surface area (TPSA) is 49.8 Å². The average Bonchev–Trinajstić information content (AvgIpc) is 2.35. The predicted molar refractivity (Wildman–Crippen MR) is 66.5 cm³/mol. The Morgan fingerprint density at radius 2 is 2.12 bits per heavy atom. The number of phenols is 1. The second-order valence-corrected chi connectivity index (χ2v) is 3.74. The van der Waals surface area contributed by atoms with E-state index in [-0.39, 0.29) is 11.7 Å². The Bertz CT molecular complexity index is 390. The predicted octanol–water partition coefficient (Wildman–Crippen LogP) is 2.27. The van der Waals surface area contributed by atoms with Crippen LogP contribution in [0.15, 0.2) is 18.2 Å². The van der Waals surface area contributed by atoms with E-state index < -0.39 is 0 Å². The zero-order valence-electron chi connectivity index (χ0n) is 10.6. The summed E-state index contributed by atoms with van der Waals surface area (Å²) < 4.78 is 4.99. The zero-order chi connectivity index (χ0) is 12.8. The molecule has 1 aromatic rings. The number of phenolic OH excluding ortho intramolecular Hbond substituents is 1. The van der Waals surface area contributed by atoms with Gasteiger partial charge in [0, 0.05) is 13.1 Å². The summed E-state index contributed by atoms with van der Waals surface area (Å²) in [6, 6.07) is 4.94. The smallest absolute Gasteiger partial charge is 0.257 e. The molecule has 94 valence electrons. The molecule has 4 nitrogen and oxygen atoms in total. The normalized spacial score (nSPS) is 10.1. The van der Waals surface area contributed by atoms with E-state index in [0.717, 1.165) is 6.42 Å². The van der Waals surface area contributed by atoms with Crippen LogP contribution in [0.1, 0.15) is 30.6 Å². The molecule has 0 aromatic heterocycles. The second-order valence-electron chi connectivity index (χ2n) is 3.74. The summed E-state index contributed by atoms with van der Waals surface area (Å²) in [6.45, 7) is 5.25.